The molecule has 0 aliphatic heterocycles. The Hall–Kier alpha value is -1.77. The molecule has 3 heteroatoms. The van der Waals surface area contributed by atoms with E-state index >= 15 is 0 Å². The highest BCUT2D eigenvalue weighted by Crippen LogP contribution is 2.26. The van der Waals surface area contributed by atoms with Gasteiger partial charge in [-0.3, -0.25) is 14.8 Å². The number of nitrogens with zero attached hydrogens (tertiary/aromatic N) is 2. The van der Waals surface area contributed by atoms with Crippen molar-refractivity contribution in [3.05, 3.63) is 36.2 Å². The van der Waals surface area contributed by atoms with Gasteiger partial charge in [0.2, 0.25) is 0 Å². The zero-order chi connectivity index (χ0) is 13.1. The Kier molecular flexibility index (Phi) is 3.53. The molecule has 0 N–H and O–H groups in total. The average Bonchev–Trinajstić information content (AvgIpc) is 2.75. The van der Waals surface area contributed by atoms with E-state index in [0.717, 1.165) is 29.4 Å². The molecule has 1 aromatic carbocycles. The van der Waals surface area contributed by atoms with Gasteiger partial charge in [0.1, 0.15) is 0 Å². The van der Waals surface area contributed by atoms with Gasteiger partial charge in [0.25, 0.3) is 0 Å². The molecule has 1 aliphatic carbocycles. The number of Topliss-reactive ketones (excluding diaryl/α,β-unsaturated/α-hetero) is 1. The first-order valence-corrected chi connectivity index (χ1v) is 7.09. The fourth-order valence-electron chi connectivity index (χ4n) is 2.89. The molecular formula is C16H18N2O. The molecule has 1 aliphatic rings. The van der Waals surface area contributed by atoms with Gasteiger partial charge in [0.15, 0.2) is 5.78 Å². The van der Waals surface area contributed by atoms with Crippen LogP contribution in [-0.2, 0) is 0 Å². The van der Waals surface area contributed by atoms with Crippen molar-refractivity contribution in [2.24, 2.45) is 5.92 Å². The van der Waals surface area contributed by atoms with Crippen LogP contribution in [0.1, 0.15) is 48.9 Å². The summed E-state index contributed by atoms with van der Waals surface area (Å²) in [6, 6.07) is 5.67. The van der Waals surface area contributed by atoms with E-state index in [2.05, 4.69) is 9.97 Å². The molecule has 0 spiro atoms. The normalized spacial score (nSPS) is 17.3. The topological polar surface area (TPSA) is 42.9 Å². The standard InChI is InChI=1S/C16H18N2O/c19-16(12-5-3-1-2-4-6-12)13-7-8-14-15(11-13)18-10-9-17-14/h7-12H,1-6H2. The predicted octanol–water partition coefficient (Wildman–Crippen LogP) is 3.78. The first-order chi connectivity index (χ1) is 9.34. The third kappa shape index (κ3) is 2.65. The second kappa shape index (κ2) is 5.47. The summed E-state index contributed by atoms with van der Waals surface area (Å²) in [7, 11) is 0. The van der Waals surface area contributed by atoms with Crippen molar-refractivity contribution in [2.45, 2.75) is 38.5 Å². The molecule has 3 rings (SSSR count). The Bertz CT molecular complexity index is 586. The molecule has 98 valence electrons. The van der Waals surface area contributed by atoms with Crippen LogP contribution in [0.4, 0.5) is 0 Å². The highest BCUT2D eigenvalue weighted by atomic mass is 16.1. The Morgan fingerprint density at radius 2 is 1.63 bits per heavy atom. The summed E-state index contributed by atoms with van der Waals surface area (Å²) < 4.78 is 0. The van der Waals surface area contributed by atoms with E-state index in [4.69, 9.17) is 0 Å². The van der Waals surface area contributed by atoms with E-state index in [1.54, 1.807) is 12.4 Å². The number of carbonyl (C=O) groups excluding carboxylic acids is 1. The van der Waals surface area contributed by atoms with Crippen molar-refractivity contribution in [2.75, 3.05) is 0 Å². The first-order valence-electron chi connectivity index (χ1n) is 7.09. The number of rotatable bonds is 2. The molecule has 0 saturated heterocycles. The molecule has 1 saturated carbocycles. The molecule has 1 aromatic heterocycles. The van der Waals surface area contributed by atoms with Crippen molar-refractivity contribution < 1.29 is 4.79 Å². The summed E-state index contributed by atoms with van der Waals surface area (Å²) in [5, 5.41) is 0. The van der Waals surface area contributed by atoms with Crippen molar-refractivity contribution in [3.8, 4) is 0 Å². The second-order valence-electron chi connectivity index (χ2n) is 5.31. The van der Waals surface area contributed by atoms with Crippen LogP contribution >= 0.6 is 0 Å². The van der Waals surface area contributed by atoms with E-state index in [1.165, 1.54) is 25.7 Å². The van der Waals surface area contributed by atoms with Crippen LogP contribution in [0, 0.1) is 5.92 Å². The maximum absolute atomic E-state index is 12.5. The maximum atomic E-state index is 12.5. The Balaban J connectivity index is 1.88. The van der Waals surface area contributed by atoms with Crippen LogP contribution in [0.2, 0.25) is 0 Å². The van der Waals surface area contributed by atoms with Crippen LogP contribution in [-0.4, -0.2) is 15.8 Å². The SMILES string of the molecule is O=C(c1ccc2nccnc2c1)C1CCCCCC1. The fourth-order valence-corrected chi connectivity index (χ4v) is 2.89. The summed E-state index contributed by atoms with van der Waals surface area (Å²) >= 11 is 0. The highest BCUT2D eigenvalue weighted by Gasteiger charge is 2.21. The van der Waals surface area contributed by atoms with Crippen LogP contribution in [0.25, 0.3) is 11.0 Å². The van der Waals surface area contributed by atoms with Gasteiger partial charge in [-0.1, -0.05) is 25.7 Å². The molecule has 0 amide bonds. The predicted molar refractivity (Wildman–Crippen MR) is 75.1 cm³/mol. The van der Waals surface area contributed by atoms with E-state index in [9.17, 15) is 4.79 Å². The highest BCUT2D eigenvalue weighted by molar-refractivity contribution is 6.00. The van der Waals surface area contributed by atoms with E-state index < -0.39 is 0 Å². The second-order valence-corrected chi connectivity index (χ2v) is 5.31. The summed E-state index contributed by atoms with van der Waals surface area (Å²) in [4.78, 5) is 21.1. The summed E-state index contributed by atoms with van der Waals surface area (Å²) in [6.45, 7) is 0. The van der Waals surface area contributed by atoms with Gasteiger partial charge in [-0.15, -0.1) is 0 Å². The largest absolute Gasteiger partial charge is 0.294 e. The number of hydrogen-bond acceptors (Lipinski definition) is 3. The minimum atomic E-state index is 0.205. The lowest BCUT2D eigenvalue weighted by Gasteiger charge is -2.12. The number of carbonyl (C=O) groups is 1. The quantitative estimate of drug-likeness (QED) is 0.605. The third-order valence-electron chi connectivity index (χ3n) is 3.98. The van der Waals surface area contributed by atoms with Crippen molar-refractivity contribution >= 4 is 16.8 Å². The zero-order valence-corrected chi connectivity index (χ0v) is 11.0. The number of fused-ring (bicyclic) bond motifs is 1. The number of aromatic nitrogens is 2. The lowest BCUT2D eigenvalue weighted by molar-refractivity contribution is 0.0908. The van der Waals surface area contributed by atoms with Crippen molar-refractivity contribution in [1.82, 2.24) is 9.97 Å². The number of ketones is 1. The summed E-state index contributed by atoms with van der Waals surface area (Å²) in [6.07, 6.45) is 10.3. The molecule has 0 atom stereocenters. The van der Waals surface area contributed by atoms with Crippen molar-refractivity contribution in [3.63, 3.8) is 0 Å². The van der Waals surface area contributed by atoms with Crippen LogP contribution in [0.5, 0.6) is 0 Å². The molecule has 1 fully saturated rings. The molecule has 1 heterocycles. The average molecular weight is 254 g/mol. The van der Waals surface area contributed by atoms with E-state index in [-0.39, 0.29) is 11.7 Å². The van der Waals surface area contributed by atoms with Gasteiger partial charge in [-0.05, 0) is 31.0 Å². The molecule has 19 heavy (non-hydrogen) atoms. The molecule has 3 nitrogen and oxygen atoms in total. The van der Waals surface area contributed by atoms with Gasteiger partial charge < -0.3 is 0 Å². The molecule has 0 radical (unpaired) electrons. The Morgan fingerprint density at radius 3 is 2.37 bits per heavy atom. The van der Waals surface area contributed by atoms with Crippen LogP contribution in [0.3, 0.4) is 0 Å². The Labute approximate surface area is 113 Å². The van der Waals surface area contributed by atoms with Gasteiger partial charge in [-0.2, -0.15) is 0 Å². The van der Waals surface area contributed by atoms with Crippen molar-refractivity contribution in [1.29, 1.82) is 0 Å². The smallest absolute Gasteiger partial charge is 0.166 e. The van der Waals surface area contributed by atoms with E-state index in [0.29, 0.717) is 0 Å². The fraction of sp³-hybridized carbons (Fsp3) is 0.438. The lowest BCUT2D eigenvalue weighted by atomic mass is 9.91. The number of hydrogen-bond donors (Lipinski definition) is 0. The molecule has 0 unspecified atom stereocenters. The molecular weight excluding hydrogens is 236 g/mol. The van der Waals surface area contributed by atoms with Gasteiger partial charge in [-0.25, -0.2) is 0 Å². The van der Waals surface area contributed by atoms with Crippen LogP contribution in [0.15, 0.2) is 30.6 Å². The van der Waals surface area contributed by atoms with Crippen LogP contribution < -0.4 is 0 Å². The maximum Gasteiger partial charge on any atom is 0.166 e. The first kappa shape index (κ1) is 12.3. The van der Waals surface area contributed by atoms with Gasteiger partial charge in [0.05, 0.1) is 11.0 Å². The zero-order valence-electron chi connectivity index (χ0n) is 11.0. The van der Waals surface area contributed by atoms with Gasteiger partial charge >= 0.3 is 0 Å². The summed E-state index contributed by atoms with van der Waals surface area (Å²) in [5.41, 5.74) is 2.45. The lowest BCUT2D eigenvalue weighted by Crippen LogP contribution is -2.14. The van der Waals surface area contributed by atoms with Gasteiger partial charge in [0, 0.05) is 23.9 Å². The van der Waals surface area contributed by atoms with E-state index in [1.807, 2.05) is 18.2 Å². The monoisotopic (exact) mass is 254 g/mol. The minimum absolute atomic E-state index is 0.205. The Morgan fingerprint density at radius 1 is 0.947 bits per heavy atom. The number of benzene rings is 1. The molecule has 2 aromatic rings. The summed E-state index contributed by atoms with van der Waals surface area (Å²) in [5.74, 6) is 0.492. The minimum Gasteiger partial charge on any atom is -0.294 e. The third-order valence-corrected chi connectivity index (χ3v) is 3.98. The molecule has 0 bridgehead atoms.